The molecule has 1 aliphatic carbocycles. The van der Waals surface area contributed by atoms with Crippen LogP contribution >= 0.6 is 0 Å². The number of nitrogens with one attached hydrogen (secondary N) is 1. The molecule has 6 nitrogen and oxygen atoms in total. The van der Waals surface area contributed by atoms with Crippen molar-refractivity contribution in [1.82, 2.24) is 14.3 Å². The van der Waals surface area contributed by atoms with Crippen molar-refractivity contribution in [2.75, 3.05) is 17.5 Å². The maximum atomic E-state index is 13.3. The van der Waals surface area contributed by atoms with Crippen LogP contribution < -0.4 is 4.90 Å². The molecule has 1 fully saturated rings. The van der Waals surface area contributed by atoms with Crippen LogP contribution in [0.1, 0.15) is 43.4 Å². The van der Waals surface area contributed by atoms with Gasteiger partial charge in [0, 0.05) is 31.0 Å². The van der Waals surface area contributed by atoms with Crippen LogP contribution in [0, 0.1) is 5.92 Å². The summed E-state index contributed by atoms with van der Waals surface area (Å²) in [5, 5.41) is 0. The maximum absolute atomic E-state index is 13.3. The van der Waals surface area contributed by atoms with Crippen molar-refractivity contribution in [3.8, 4) is 0 Å². The number of imidazole rings is 1. The molecular formula is C20H27FN4O2S. The zero-order valence-electron chi connectivity index (χ0n) is 15.9. The van der Waals surface area contributed by atoms with Gasteiger partial charge < -0.3 is 9.88 Å². The fourth-order valence-corrected chi connectivity index (χ4v) is 5.09. The number of para-hydroxylation sites is 1. The Balaban J connectivity index is 1.68. The summed E-state index contributed by atoms with van der Waals surface area (Å²) >= 11 is 0. The first-order valence-electron chi connectivity index (χ1n) is 9.92. The zero-order chi connectivity index (χ0) is 19.6. The van der Waals surface area contributed by atoms with E-state index < -0.39 is 16.0 Å². The first-order valence-corrected chi connectivity index (χ1v) is 11.5. The molecule has 1 unspecified atom stereocenters. The summed E-state index contributed by atoms with van der Waals surface area (Å²) in [4.78, 5) is 9.54. The van der Waals surface area contributed by atoms with Crippen molar-refractivity contribution in [2.24, 2.45) is 5.92 Å². The van der Waals surface area contributed by atoms with Crippen LogP contribution in [0.5, 0.6) is 0 Å². The number of fused-ring (bicyclic) bond motifs is 1. The molecule has 1 aromatic heterocycles. The largest absolute Gasteiger partial charge is 0.361 e. The van der Waals surface area contributed by atoms with Crippen LogP contribution in [0.25, 0.3) is 0 Å². The van der Waals surface area contributed by atoms with Crippen LogP contribution in [-0.2, 0) is 23.1 Å². The molecule has 0 radical (unpaired) electrons. The number of aromatic amines is 1. The number of sulfonamides is 1. The Hall–Kier alpha value is -1.93. The highest BCUT2D eigenvalue weighted by Crippen LogP contribution is 2.35. The van der Waals surface area contributed by atoms with Gasteiger partial charge >= 0.3 is 0 Å². The van der Waals surface area contributed by atoms with E-state index in [0.717, 1.165) is 35.7 Å². The number of hydrogen-bond acceptors (Lipinski definition) is 4. The predicted octanol–water partition coefficient (Wildman–Crippen LogP) is 3.44. The Bertz CT molecular complexity index is 883. The van der Waals surface area contributed by atoms with Gasteiger partial charge in [-0.25, -0.2) is 17.8 Å². The standard InChI is InChI=1S/C20H27FN4O2S/c21-14-28(26,27)24-11-17-6-1-2-7-20(17)25(12-18-10-22-15-23-18)19(13-24)9-8-16-4-3-5-16/h1-2,6-7,10,15-16,19H,3-5,8-9,11-14H2,(H,22,23). The number of benzene rings is 1. The fourth-order valence-electron chi connectivity index (χ4n) is 4.22. The molecule has 1 aliphatic heterocycles. The minimum atomic E-state index is -3.92. The van der Waals surface area contributed by atoms with E-state index in [4.69, 9.17) is 0 Å². The van der Waals surface area contributed by atoms with Crippen molar-refractivity contribution in [3.05, 3.63) is 48.0 Å². The number of alkyl halides is 1. The van der Waals surface area contributed by atoms with Crippen LogP contribution in [0.15, 0.2) is 36.8 Å². The molecule has 0 bridgehead atoms. The lowest BCUT2D eigenvalue weighted by atomic mass is 9.81. The average molecular weight is 407 g/mol. The van der Waals surface area contributed by atoms with Crippen LogP contribution in [0.3, 0.4) is 0 Å². The average Bonchev–Trinajstić information content (AvgIpc) is 3.11. The van der Waals surface area contributed by atoms with Gasteiger partial charge in [0.1, 0.15) is 0 Å². The third-order valence-corrected chi connectivity index (χ3v) is 7.40. The van der Waals surface area contributed by atoms with Crippen LogP contribution in [0.4, 0.5) is 10.1 Å². The molecule has 0 saturated heterocycles. The molecule has 4 rings (SSSR count). The Labute approximate surface area is 165 Å². The lowest BCUT2D eigenvalue weighted by Gasteiger charge is -2.35. The highest BCUT2D eigenvalue weighted by atomic mass is 32.2. The first kappa shape index (κ1) is 19.4. The molecule has 1 atom stereocenters. The molecule has 1 saturated carbocycles. The topological polar surface area (TPSA) is 69.3 Å². The molecule has 1 N–H and O–H groups in total. The molecule has 0 amide bonds. The smallest absolute Gasteiger partial charge is 0.243 e. The summed E-state index contributed by atoms with van der Waals surface area (Å²) in [5.74, 6) is 0.735. The fraction of sp³-hybridized carbons (Fsp3) is 0.550. The van der Waals surface area contributed by atoms with Crippen LogP contribution in [-0.4, -0.2) is 41.3 Å². The number of hydrogen-bond donors (Lipinski definition) is 1. The Kier molecular flexibility index (Phi) is 5.68. The van der Waals surface area contributed by atoms with E-state index in [1.165, 1.54) is 23.6 Å². The van der Waals surface area contributed by atoms with E-state index in [2.05, 4.69) is 14.9 Å². The number of nitrogens with zero attached hydrogens (tertiary/aromatic N) is 3. The van der Waals surface area contributed by atoms with Gasteiger partial charge in [-0.2, -0.15) is 4.31 Å². The first-order chi connectivity index (χ1) is 13.6. The SMILES string of the molecule is O=S(=O)(CF)N1Cc2ccccc2N(Cc2cnc[nH]2)C(CCC2CCC2)C1. The Morgan fingerprint density at radius 2 is 2.04 bits per heavy atom. The lowest BCUT2D eigenvalue weighted by molar-refractivity contribution is 0.270. The highest BCUT2D eigenvalue weighted by molar-refractivity contribution is 7.88. The van der Waals surface area contributed by atoms with Gasteiger partial charge in [-0.05, 0) is 30.4 Å². The van der Waals surface area contributed by atoms with E-state index in [-0.39, 0.29) is 12.6 Å². The van der Waals surface area contributed by atoms with Gasteiger partial charge in [-0.3, -0.25) is 0 Å². The second-order valence-electron chi connectivity index (χ2n) is 7.88. The Morgan fingerprint density at radius 1 is 1.21 bits per heavy atom. The number of anilines is 1. The van der Waals surface area contributed by atoms with Gasteiger partial charge in [-0.15, -0.1) is 0 Å². The Morgan fingerprint density at radius 3 is 2.71 bits per heavy atom. The zero-order valence-corrected chi connectivity index (χ0v) is 16.7. The van der Waals surface area contributed by atoms with Crippen molar-refractivity contribution >= 4 is 15.7 Å². The van der Waals surface area contributed by atoms with Crippen LogP contribution in [0.2, 0.25) is 0 Å². The maximum Gasteiger partial charge on any atom is 0.243 e. The van der Waals surface area contributed by atoms with E-state index in [1.807, 2.05) is 24.3 Å². The van der Waals surface area contributed by atoms with Gasteiger partial charge in [-0.1, -0.05) is 37.5 Å². The lowest BCUT2D eigenvalue weighted by Crippen LogP contribution is -2.44. The van der Waals surface area contributed by atoms with Gasteiger partial charge in [0.15, 0.2) is 0 Å². The predicted molar refractivity (Wildman–Crippen MR) is 107 cm³/mol. The van der Waals surface area contributed by atoms with Gasteiger partial charge in [0.2, 0.25) is 16.0 Å². The van der Waals surface area contributed by atoms with E-state index >= 15 is 0 Å². The summed E-state index contributed by atoms with van der Waals surface area (Å²) < 4.78 is 39.5. The van der Waals surface area contributed by atoms with Crippen molar-refractivity contribution in [2.45, 2.75) is 51.2 Å². The van der Waals surface area contributed by atoms with Gasteiger partial charge in [0.25, 0.3) is 0 Å². The monoisotopic (exact) mass is 406 g/mol. The summed E-state index contributed by atoms with van der Waals surface area (Å²) in [6.45, 7) is 1.14. The molecule has 152 valence electrons. The third kappa shape index (κ3) is 4.07. The summed E-state index contributed by atoms with van der Waals surface area (Å²) in [6.07, 6.45) is 9.24. The highest BCUT2D eigenvalue weighted by Gasteiger charge is 2.34. The molecule has 2 heterocycles. The van der Waals surface area contributed by atoms with E-state index in [9.17, 15) is 12.8 Å². The number of aromatic nitrogens is 2. The summed E-state index contributed by atoms with van der Waals surface area (Å²) in [7, 11) is -3.92. The number of rotatable bonds is 7. The minimum Gasteiger partial charge on any atom is -0.361 e. The molecule has 0 spiro atoms. The minimum absolute atomic E-state index is 0.00567. The quantitative estimate of drug-likeness (QED) is 0.765. The summed E-state index contributed by atoms with van der Waals surface area (Å²) in [5.41, 5.74) is 2.91. The second-order valence-corrected chi connectivity index (χ2v) is 9.77. The van der Waals surface area contributed by atoms with Gasteiger partial charge in [0.05, 0.1) is 18.6 Å². The molecule has 1 aromatic carbocycles. The van der Waals surface area contributed by atoms with Crippen molar-refractivity contribution < 1.29 is 12.8 Å². The number of halogens is 1. The molecule has 28 heavy (non-hydrogen) atoms. The van der Waals surface area contributed by atoms with E-state index in [0.29, 0.717) is 13.1 Å². The number of H-pyrrole nitrogens is 1. The molecule has 8 heteroatoms. The molecule has 2 aliphatic rings. The third-order valence-electron chi connectivity index (χ3n) is 6.06. The van der Waals surface area contributed by atoms with E-state index in [1.54, 1.807) is 12.5 Å². The van der Waals surface area contributed by atoms with Crippen molar-refractivity contribution in [3.63, 3.8) is 0 Å². The normalized spacial score (nSPS) is 21.2. The molecule has 2 aromatic rings. The van der Waals surface area contributed by atoms with Crippen molar-refractivity contribution in [1.29, 1.82) is 0 Å². The summed E-state index contributed by atoms with van der Waals surface area (Å²) in [6, 6.07) is 6.49. The second kappa shape index (κ2) is 8.21. The molecular weight excluding hydrogens is 379 g/mol.